The van der Waals surface area contributed by atoms with Gasteiger partial charge in [0.1, 0.15) is 11.6 Å². The van der Waals surface area contributed by atoms with E-state index in [1.165, 1.54) is 50.2 Å². The van der Waals surface area contributed by atoms with E-state index in [0.29, 0.717) is 25.6 Å². The lowest BCUT2D eigenvalue weighted by atomic mass is 9.96. The van der Waals surface area contributed by atoms with Crippen LogP contribution in [0, 0.1) is 0 Å². The number of carbonyl (C=O) groups is 1. The minimum absolute atomic E-state index is 0.297. The maximum absolute atomic E-state index is 11.4. The first-order valence-electron chi connectivity index (χ1n) is 14.6. The van der Waals surface area contributed by atoms with E-state index in [9.17, 15) is 9.90 Å². The predicted molar refractivity (Wildman–Crippen MR) is 149 cm³/mol. The fraction of sp³-hybridized carbons (Fsp3) is 0.724. The second kappa shape index (κ2) is 14.0. The van der Waals surface area contributed by atoms with Gasteiger partial charge in [-0.2, -0.15) is 0 Å². The quantitative estimate of drug-likeness (QED) is 0.347. The lowest BCUT2D eigenvalue weighted by Gasteiger charge is -2.30. The summed E-state index contributed by atoms with van der Waals surface area (Å²) in [5.74, 6) is 2.33. The van der Waals surface area contributed by atoms with E-state index in [1.807, 2.05) is 6.07 Å². The van der Waals surface area contributed by atoms with Gasteiger partial charge >= 0.3 is 6.09 Å². The third-order valence-electron chi connectivity index (χ3n) is 8.22. The Labute approximate surface area is 222 Å². The average molecular weight is 514 g/mol. The van der Waals surface area contributed by atoms with Crippen LogP contribution in [-0.4, -0.2) is 94.4 Å². The van der Waals surface area contributed by atoms with Crippen molar-refractivity contribution in [3.05, 3.63) is 24.0 Å². The summed E-state index contributed by atoms with van der Waals surface area (Å²) in [5, 5.41) is 9.37. The number of rotatable bonds is 14. The van der Waals surface area contributed by atoms with E-state index < -0.39 is 6.09 Å². The van der Waals surface area contributed by atoms with E-state index >= 15 is 0 Å². The zero-order valence-corrected chi connectivity index (χ0v) is 23.0. The smallest absolute Gasteiger partial charge is 0.407 e. The van der Waals surface area contributed by atoms with Gasteiger partial charge in [-0.25, -0.2) is 9.78 Å². The second-order valence-electron chi connectivity index (χ2n) is 10.7. The van der Waals surface area contributed by atoms with Gasteiger partial charge in [0, 0.05) is 38.2 Å². The number of hydrogen-bond acceptors (Lipinski definition) is 5. The zero-order valence-electron chi connectivity index (χ0n) is 23.0. The molecule has 2 aliphatic heterocycles. The third kappa shape index (κ3) is 7.60. The van der Waals surface area contributed by atoms with E-state index in [2.05, 4.69) is 40.3 Å². The SMILES string of the molecule is CCN(CC)CCCOc1ccc2nc(C3CCN(C(=O)O)CC3)n(CCCCCN3CCCC3)c2c1. The molecule has 0 spiro atoms. The first kappa shape index (κ1) is 27.7. The molecule has 0 saturated carbocycles. The summed E-state index contributed by atoms with van der Waals surface area (Å²) in [7, 11) is 0. The van der Waals surface area contributed by atoms with E-state index in [1.54, 1.807) is 0 Å². The molecule has 0 radical (unpaired) electrons. The topological polar surface area (TPSA) is 74.1 Å². The van der Waals surface area contributed by atoms with Crippen LogP contribution < -0.4 is 4.74 Å². The Morgan fingerprint density at radius 2 is 1.76 bits per heavy atom. The van der Waals surface area contributed by atoms with Crippen LogP contribution in [0.5, 0.6) is 5.75 Å². The summed E-state index contributed by atoms with van der Waals surface area (Å²) in [6.07, 6.45) is 8.18. The fourth-order valence-electron chi connectivity index (χ4n) is 5.89. The number of ether oxygens (including phenoxy) is 1. The fourth-order valence-corrected chi connectivity index (χ4v) is 5.89. The number of amides is 1. The number of carboxylic acid groups (broad SMARTS) is 1. The highest BCUT2D eigenvalue weighted by Crippen LogP contribution is 2.32. The van der Waals surface area contributed by atoms with Gasteiger partial charge in [-0.3, -0.25) is 0 Å². The Balaban J connectivity index is 1.42. The highest BCUT2D eigenvalue weighted by molar-refractivity contribution is 5.78. The van der Waals surface area contributed by atoms with Gasteiger partial charge in [0.05, 0.1) is 17.6 Å². The molecule has 0 atom stereocenters. The highest BCUT2D eigenvalue weighted by Gasteiger charge is 2.27. The van der Waals surface area contributed by atoms with Crippen molar-refractivity contribution in [2.75, 3.05) is 59.0 Å². The van der Waals surface area contributed by atoms with Crippen molar-refractivity contribution < 1.29 is 14.6 Å². The first-order valence-corrected chi connectivity index (χ1v) is 14.6. The van der Waals surface area contributed by atoms with Gasteiger partial charge in [0.15, 0.2) is 0 Å². The Morgan fingerprint density at radius 1 is 1.03 bits per heavy atom. The number of piperidine rings is 1. The minimum Gasteiger partial charge on any atom is -0.493 e. The van der Waals surface area contributed by atoms with Gasteiger partial charge in [0.2, 0.25) is 0 Å². The molecule has 2 aliphatic rings. The van der Waals surface area contributed by atoms with Crippen LogP contribution in [0.25, 0.3) is 11.0 Å². The van der Waals surface area contributed by atoms with Crippen LogP contribution in [0.3, 0.4) is 0 Å². The molecule has 3 heterocycles. The minimum atomic E-state index is -0.812. The molecule has 37 heavy (non-hydrogen) atoms. The molecule has 1 N–H and O–H groups in total. The predicted octanol–water partition coefficient (Wildman–Crippen LogP) is 5.27. The zero-order chi connectivity index (χ0) is 26.0. The number of fused-ring (bicyclic) bond motifs is 1. The number of hydrogen-bond donors (Lipinski definition) is 1. The summed E-state index contributed by atoms with van der Waals surface area (Å²) in [5.41, 5.74) is 2.17. The van der Waals surface area contributed by atoms with Crippen molar-refractivity contribution in [2.45, 2.75) is 77.7 Å². The Kier molecular flexibility index (Phi) is 10.5. The summed E-state index contributed by atoms with van der Waals surface area (Å²) in [6, 6.07) is 6.30. The lowest BCUT2D eigenvalue weighted by molar-refractivity contribution is 0.131. The molecule has 1 aromatic heterocycles. The maximum Gasteiger partial charge on any atom is 0.407 e. The van der Waals surface area contributed by atoms with Crippen LogP contribution in [0.1, 0.15) is 77.0 Å². The number of imidazole rings is 1. The van der Waals surface area contributed by atoms with Crippen molar-refractivity contribution >= 4 is 17.1 Å². The summed E-state index contributed by atoms with van der Waals surface area (Å²) >= 11 is 0. The molecule has 0 unspecified atom stereocenters. The van der Waals surface area contributed by atoms with Crippen LogP contribution in [0.15, 0.2) is 18.2 Å². The molecule has 8 heteroatoms. The van der Waals surface area contributed by atoms with Crippen molar-refractivity contribution in [2.24, 2.45) is 0 Å². The Morgan fingerprint density at radius 3 is 2.46 bits per heavy atom. The summed E-state index contributed by atoms with van der Waals surface area (Å²) in [6.45, 7) is 14.2. The van der Waals surface area contributed by atoms with Crippen LogP contribution in [0.4, 0.5) is 4.79 Å². The van der Waals surface area contributed by atoms with Crippen molar-refractivity contribution in [3.8, 4) is 5.75 Å². The molecular weight excluding hydrogens is 466 g/mol. The normalized spacial score (nSPS) is 17.3. The van der Waals surface area contributed by atoms with E-state index in [4.69, 9.17) is 9.72 Å². The monoisotopic (exact) mass is 513 g/mol. The number of unbranched alkanes of at least 4 members (excludes halogenated alkanes) is 2. The third-order valence-corrected chi connectivity index (χ3v) is 8.22. The second-order valence-corrected chi connectivity index (χ2v) is 10.7. The van der Waals surface area contributed by atoms with Gasteiger partial charge in [-0.05, 0) is 89.8 Å². The average Bonchev–Trinajstić information content (AvgIpc) is 3.56. The number of likely N-dealkylation sites (tertiary alicyclic amines) is 2. The molecule has 4 rings (SSSR count). The molecule has 1 amide bonds. The molecule has 2 fully saturated rings. The Bertz CT molecular complexity index is 975. The molecule has 2 saturated heterocycles. The molecule has 0 bridgehead atoms. The highest BCUT2D eigenvalue weighted by atomic mass is 16.5. The molecule has 0 aliphatic carbocycles. The van der Waals surface area contributed by atoms with E-state index in [0.717, 1.165) is 74.5 Å². The van der Waals surface area contributed by atoms with Crippen LogP contribution >= 0.6 is 0 Å². The van der Waals surface area contributed by atoms with Gasteiger partial charge in [-0.1, -0.05) is 20.3 Å². The van der Waals surface area contributed by atoms with E-state index in [-0.39, 0.29) is 0 Å². The van der Waals surface area contributed by atoms with Gasteiger partial charge in [0.25, 0.3) is 0 Å². The number of nitrogens with zero attached hydrogens (tertiary/aromatic N) is 5. The molecule has 8 nitrogen and oxygen atoms in total. The summed E-state index contributed by atoms with van der Waals surface area (Å²) < 4.78 is 8.57. The number of aromatic nitrogens is 2. The van der Waals surface area contributed by atoms with Crippen molar-refractivity contribution in [1.29, 1.82) is 0 Å². The van der Waals surface area contributed by atoms with Crippen molar-refractivity contribution in [3.63, 3.8) is 0 Å². The molecule has 1 aromatic carbocycles. The first-order chi connectivity index (χ1) is 18.1. The molecule has 2 aromatic rings. The largest absolute Gasteiger partial charge is 0.493 e. The van der Waals surface area contributed by atoms with Crippen LogP contribution in [0.2, 0.25) is 0 Å². The molecular formula is C29H47N5O3. The standard InChI is InChI=1S/C29H47N5O3/c1-3-31(4-2)18-10-22-37-25-11-12-26-27(23-25)34(19-7-5-6-15-32-16-8-9-17-32)28(30-26)24-13-20-33(21-14-24)29(35)36/h11-12,23-24H,3-10,13-22H2,1-2H3,(H,35,36). The number of aryl methyl sites for hydroxylation is 1. The van der Waals surface area contributed by atoms with Crippen LogP contribution in [-0.2, 0) is 6.54 Å². The van der Waals surface area contributed by atoms with Crippen molar-refractivity contribution in [1.82, 2.24) is 24.3 Å². The van der Waals surface area contributed by atoms with Gasteiger partial charge < -0.3 is 29.1 Å². The molecule has 206 valence electrons. The summed E-state index contributed by atoms with van der Waals surface area (Å²) in [4.78, 5) is 23.0. The Hall–Kier alpha value is -2.32. The number of benzene rings is 1. The lowest BCUT2D eigenvalue weighted by Crippen LogP contribution is -2.37. The maximum atomic E-state index is 11.4. The van der Waals surface area contributed by atoms with Gasteiger partial charge in [-0.15, -0.1) is 0 Å².